The second kappa shape index (κ2) is 6.27. The van der Waals surface area contributed by atoms with Crippen LogP contribution in [0.15, 0.2) is 24.3 Å². The Balaban J connectivity index is 1.89. The number of benzene rings is 1. The highest BCUT2D eigenvalue weighted by Crippen LogP contribution is 2.27. The zero-order valence-corrected chi connectivity index (χ0v) is 12.1. The Hall–Kier alpha value is -1.55. The third-order valence-corrected chi connectivity index (χ3v) is 4.11. The molecule has 1 fully saturated rings. The summed E-state index contributed by atoms with van der Waals surface area (Å²) in [7, 11) is 0. The van der Waals surface area contributed by atoms with Gasteiger partial charge in [0.2, 0.25) is 5.91 Å². The van der Waals surface area contributed by atoms with E-state index >= 15 is 0 Å². The maximum Gasteiger partial charge on any atom is 0.237 e. The Morgan fingerprint density at radius 1 is 1.30 bits per heavy atom. The number of rotatable bonds is 4. The highest BCUT2D eigenvalue weighted by atomic mass is 16.3. The van der Waals surface area contributed by atoms with Crippen LogP contribution in [0.2, 0.25) is 0 Å². The van der Waals surface area contributed by atoms with E-state index in [2.05, 4.69) is 12.2 Å². The SMILES string of the molecule is CC1(NC(=O)[C@H](N)Cc2ccc(O)cc2)CCCCC1. The number of hydrogen-bond donors (Lipinski definition) is 3. The summed E-state index contributed by atoms with van der Waals surface area (Å²) in [6.07, 6.45) is 6.15. The molecule has 2 rings (SSSR count). The van der Waals surface area contributed by atoms with Gasteiger partial charge in [-0.2, -0.15) is 0 Å². The fourth-order valence-corrected chi connectivity index (χ4v) is 2.83. The number of hydrogen-bond acceptors (Lipinski definition) is 3. The molecule has 0 saturated heterocycles. The monoisotopic (exact) mass is 276 g/mol. The maximum absolute atomic E-state index is 12.2. The minimum absolute atomic E-state index is 0.0810. The molecule has 0 aromatic heterocycles. The van der Waals surface area contributed by atoms with Crippen molar-refractivity contribution in [2.45, 2.75) is 57.0 Å². The molecule has 1 aliphatic carbocycles. The van der Waals surface area contributed by atoms with Gasteiger partial charge in [0.05, 0.1) is 6.04 Å². The molecule has 4 N–H and O–H groups in total. The molecule has 1 aliphatic rings. The molecule has 110 valence electrons. The van der Waals surface area contributed by atoms with Gasteiger partial charge < -0.3 is 16.2 Å². The summed E-state index contributed by atoms with van der Waals surface area (Å²) in [4.78, 5) is 12.2. The molecule has 0 bridgehead atoms. The lowest BCUT2D eigenvalue weighted by Gasteiger charge is -2.35. The number of carbonyl (C=O) groups excluding carboxylic acids is 1. The van der Waals surface area contributed by atoms with Crippen molar-refractivity contribution in [3.05, 3.63) is 29.8 Å². The molecule has 0 radical (unpaired) electrons. The zero-order chi connectivity index (χ0) is 14.6. The van der Waals surface area contributed by atoms with Gasteiger partial charge in [0.1, 0.15) is 5.75 Å². The minimum Gasteiger partial charge on any atom is -0.508 e. The number of amides is 1. The normalized spacial score (nSPS) is 19.3. The summed E-state index contributed by atoms with van der Waals surface area (Å²) < 4.78 is 0. The molecule has 1 atom stereocenters. The molecule has 0 unspecified atom stereocenters. The second-order valence-corrected chi connectivity index (χ2v) is 6.09. The predicted molar refractivity (Wildman–Crippen MR) is 79.4 cm³/mol. The molecule has 0 aliphatic heterocycles. The van der Waals surface area contributed by atoms with Crippen molar-refractivity contribution in [2.75, 3.05) is 0 Å². The van der Waals surface area contributed by atoms with E-state index in [-0.39, 0.29) is 17.2 Å². The van der Waals surface area contributed by atoms with Crippen molar-refractivity contribution in [1.82, 2.24) is 5.32 Å². The number of aromatic hydroxyl groups is 1. The van der Waals surface area contributed by atoms with Crippen LogP contribution in [0.25, 0.3) is 0 Å². The first-order chi connectivity index (χ1) is 9.48. The van der Waals surface area contributed by atoms with Gasteiger partial charge in [-0.25, -0.2) is 0 Å². The van der Waals surface area contributed by atoms with Gasteiger partial charge >= 0.3 is 0 Å². The summed E-state index contributed by atoms with van der Waals surface area (Å²) in [6, 6.07) is 6.28. The number of nitrogens with two attached hydrogens (primary N) is 1. The van der Waals surface area contributed by atoms with Gasteiger partial charge in [-0.05, 0) is 43.9 Å². The predicted octanol–water partition coefficient (Wildman–Crippen LogP) is 2.10. The standard InChI is InChI=1S/C16H24N2O2/c1-16(9-3-2-4-10-16)18-15(20)14(17)11-12-5-7-13(19)8-6-12/h5-8,14,19H,2-4,9-11,17H2,1H3,(H,18,20)/t14-/m1/s1. The van der Waals surface area contributed by atoms with Crippen molar-refractivity contribution in [2.24, 2.45) is 5.73 Å². The topological polar surface area (TPSA) is 75.4 Å². The number of phenolic OH excluding ortho intramolecular Hbond substituents is 1. The molecule has 20 heavy (non-hydrogen) atoms. The Bertz CT molecular complexity index is 450. The van der Waals surface area contributed by atoms with Crippen LogP contribution in [-0.2, 0) is 11.2 Å². The van der Waals surface area contributed by atoms with Crippen LogP contribution in [0.3, 0.4) is 0 Å². The lowest BCUT2D eigenvalue weighted by molar-refractivity contribution is -0.124. The summed E-state index contributed by atoms with van der Waals surface area (Å²) in [5, 5.41) is 12.4. The fourth-order valence-electron chi connectivity index (χ4n) is 2.83. The molecule has 1 amide bonds. The van der Waals surface area contributed by atoms with Gasteiger partial charge in [-0.15, -0.1) is 0 Å². The van der Waals surface area contributed by atoms with Crippen molar-refractivity contribution >= 4 is 5.91 Å². The lowest BCUT2D eigenvalue weighted by Crippen LogP contribution is -2.53. The van der Waals surface area contributed by atoms with E-state index in [1.54, 1.807) is 24.3 Å². The molecule has 4 nitrogen and oxygen atoms in total. The first-order valence-electron chi connectivity index (χ1n) is 7.34. The van der Waals surface area contributed by atoms with Gasteiger partial charge in [-0.3, -0.25) is 4.79 Å². The van der Waals surface area contributed by atoms with E-state index in [0.717, 1.165) is 18.4 Å². The molecular weight excluding hydrogens is 252 g/mol. The fraction of sp³-hybridized carbons (Fsp3) is 0.562. The van der Waals surface area contributed by atoms with E-state index in [4.69, 9.17) is 5.73 Å². The third-order valence-electron chi connectivity index (χ3n) is 4.11. The molecule has 0 spiro atoms. The van der Waals surface area contributed by atoms with Crippen LogP contribution in [0.4, 0.5) is 0 Å². The quantitative estimate of drug-likeness (QED) is 0.788. The van der Waals surface area contributed by atoms with E-state index in [1.807, 2.05) is 0 Å². The van der Waals surface area contributed by atoms with Gasteiger partial charge in [0.15, 0.2) is 0 Å². The average molecular weight is 276 g/mol. The Morgan fingerprint density at radius 3 is 2.50 bits per heavy atom. The Kier molecular flexibility index (Phi) is 4.65. The number of phenols is 1. The smallest absolute Gasteiger partial charge is 0.237 e. The first-order valence-corrected chi connectivity index (χ1v) is 7.34. The van der Waals surface area contributed by atoms with Crippen LogP contribution in [0.5, 0.6) is 5.75 Å². The Labute approximate surface area is 120 Å². The van der Waals surface area contributed by atoms with Crippen LogP contribution < -0.4 is 11.1 Å². The Morgan fingerprint density at radius 2 is 1.90 bits per heavy atom. The maximum atomic E-state index is 12.2. The minimum atomic E-state index is -0.543. The summed E-state index contributed by atoms with van der Waals surface area (Å²) in [5.74, 6) is 0.143. The van der Waals surface area contributed by atoms with Crippen LogP contribution in [-0.4, -0.2) is 22.6 Å². The second-order valence-electron chi connectivity index (χ2n) is 6.09. The van der Waals surface area contributed by atoms with Crippen molar-refractivity contribution in [3.8, 4) is 5.75 Å². The van der Waals surface area contributed by atoms with Crippen molar-refractivity contribution < 1.29 is 9.90 Å². The summed E-state index contributed by atoms with van der Waals surface area (Å²) in [5.41, 5.74) is 6.85. The highest BCUT2D eigenvalue weighted by molar-refractivity contribution is 5.82. The van der Waals surface area contributed by atoms with E-state index in [9.17, 15) is 9.90 Å². The van der Waals surface area contributed by atoms with Crippen LogP contribution in [0, 0.1) is 0 Å². The van der Waals surface area contributed by atoms with Crippen molar-refractivity contribution in [1.29, 1.82) is 0 Å². The van der Waals surface area contributed by atoms with Crippen LogP contribution in [0.1, 0.15) is 44.6 Å². The van der Waals surface area contributed by atoms with Gasteiger partial charge in [-0.1, -0.05) is 31.4 Å². The molecule has 1 saturated carbocycles. The molecular formula is C16H24N2O2. The number of carbonyl (C=O) groups is 1. The van der Waals surface area contributed by atoms with Crippen LogP contribution >= 0.6 is 0 Å². The van der Waals surface area contributed by atoms with Gasteiger partial charge in [0.25, 0.3) is 0 Å². The summed E-state index contributed by atoms with van der Waals surface area (Å²) >= 11 is 0. The highest BCUT2D eigenvalue weighted by Gasteiger charge is 2.29. The van der Waals surface area contributed by atoms with Gasteiger partial charge in [0, 0.05) is 5.54 Å². The van der Waals surface area contributed by atoms with E-state index < -0.39 is 6.04 Å². The summed E-state index contributed by atoms with van der Waals surface area (Å²) in [6.45, 7) is 2.11. The first kappa shape index (κ1) is 14.9. The molecule has 1 aromatic rings. The average Bonchev–Trinajstić information content (AvgIpc) is 2.41. The largest absolute Gasteiger partial charge is 0.508 e. The number of nitrogens with one attached hydrogen (secondary N) is 1. The molecule has 1 aromatic carbocycles. The van der Waals surface area contributed by atoms with E-state index in [0.29, 0.717) is 6.42 Å². The third kappa shape index (κ3) is 3.97. The van der Waals surface area contributed by atoms with E-state index in [1.165, 1.54) is 19.3 Å². The molecule has 4 heteroatoms. The van der Waals surface area contributed by atoms with Crippen molar-refractivity contribution in [3.63, 3.8) is 0 Å². The zero-order valence-electron chi connectivity index (χ0n) is 12.1. The lowest BCUT2D eigenvalue weighted by atomic mass is 9.83. The molecule has 0 heterocycles.